The summed E-state index contributed by atoms with van der Waals surface area (Å²) in [6.07, 6.45) is -0.737. The fourth-order valence-electron chi connectivity index (χ4n) is 2.77. The van der Waals surface area contributed by atoms with Gasteiger partial charge in [0.25, 0.3) is 0 Å². The lowest BCUT2D eigenvalue weighted by Gasteiger charge is -2.08. The molecule has 4 nitrogen and oxygen atoms in total. The summed E-state index contributed by atoms with van der Waals surface area (Å²) >= 11 is 1.32. The zero-order valence-electron chi connectivity index (χ0n) is 14.1. The maximum Gasteiger partial charge on any atom is 0.416 e. The lowest BCUT2D eigenvalue weighted by atomic mass is 10.2. The van der Waals surface area contributed by atoms with Gasteiger partial charge in [-0.1, -0.05) is 41.7 Å². The van der Waals surface area contributed by atoms with Gasteiger partial charge in [0.2, 0.25) is 0 Å². The van der Waals surface area contributed by atoms with Crippen LogP contribution in [0.25, 0.3) is 10.2 Å². The summed E-state index contributed by atoms with van der Waals surface area (Å²) in [5, 5.41) is 3.73. The van der Waals surface area contributed by atoms with Crippen LogP contribution in [-0.2, 0) is 19.3 Å². The second-order valence-electron chi connectivity index (χ2n) is 6.01. The van der Waals surface area contributed by atoms with Crippen molar-refractivity contribution >= 4 is 26.7 Å². The van der Waals surface area contributed by atoms with Gasteiger partial charge >= 0.3 is 6.18 Å². The largest absolute Gasteiger partial charge is 0.416 e. The van der Waals surface area contributed by atoms with Crippen LogP contribution in [0, 0.1) is 0 Å². The number of imidazole rings is 1. The van der Waals surface area contributed by atoms with E-state index < -0.39 is 11.7 Å². The van der Waals surface area contributed by atoms with Gasteiger partial charge in [-0.3, -0.25) is 0 Å². The predicted molar refractivity (Wildman–Crippen MR) is 99.7 cm³/mol. The van der Waals surface area contributed by atoms with Crippen LogP contribution in [0.4, 0.5) is 18.3 Å². The van der Waals surface area contributed by atoms with Crippen molar-refractivity contribution in [1.29, 1.82) is 0 Å². The third kappa shape index (κ3) is 3.95. The molecule has 4 rings (SSSR count). The molecule has 0 aliphatic carbocycles. The number of fused-ring (bicyclic) bond motifs is 1. The number of anilines is 1. The molecule has 0 atom stereocenters. The van der Waals surface area contributed by atoms with Gasteiger partial charge in [-0.25, -0.2) is 9.97 Å². The highest BCUT2D eigenvalue weighted by molar-refractivity contribution is 7.22. The van der Waals surface area contributed by atoms with Crippen LogP contribution in [0.5, 0.6) is 0 Å². The van der Waals surface area contributed by atoms with Gasteiger partial charge in [0.15, 0.2) is 5.13 Å². The van der Waals surface area contributed by atoms with Gasteiger partial charge in [-0.05, 0) is 23.8 Å². The molecule has 2 aromatic carbocycles. The van der Waals surface area contributed by atoms with Crippen molar-refractivity contribution in [3.05, 3.63) is 77.9 Å². The lowest BCUT2D eigenvalue weighted by Crippen LogP contribution is -2.09. The van der Waals surface area contributed by atoms with E-state index in [-0.39, 0.29) is 0 Å². The van der Waals surface area contributed by atoms with E-state index in [1.807, 2.05) is 41.1 Å². The Bertz CT molecular complexity index is 1050. The molecule has 2 heterocycles. The van der Waals surface area contributed by atoms with E-state index in [9.17, 15) is 13.2 Å². The zero-order valence-corrected chi connectivity index (χ0v) is 14.9. The van der Waals surface area contributed by atoms with E-state index in [1.54, 1.807) is 6.20 Å². The normalized spacial score (nSPS) is 11.8. The molecular weight excluding hydrogens is 373 g/mol. The molecule has 1 N–H and O–H groups in total. The first-order valence-electron chi connectivity index (χ1n) is 8.24. The van der Waals surface area contributed by atoms with Gasteiger partial charge in [-0.2, -0.15) is 13.2 Å². The number of hydrogen-bond acceptors (Lipinski definition) is 4. The summed E-state index contributed by atoms with van der Waals surface area (Å²) in [4.78, 5) is 8.63. The topological polar surface area (TPSA) is 42.7 Å². The van der Waals surface area contributed by atoms with Crippen molar-refractivity contribution in [2.24, 2.45) is 0 Å². The van der Waals surface area contributed by atoms with Crippen LogP contribution in [0.15, 0.2) is 60.9 Å². The number of hydrogen-bond donors (Lipinski definition) is 1. The predicted octanol–water partition coefficient (Wildman–Crippen LogP) is 5.17. The Labute approximate surface area is 157 Å². The maximum atomic E-state index is 12.8. The Morgan fingerprint density at radius 3 is 2.67 bits per heavy atom. The highest BCUT2D eigenvalue weighted by Crippen LogP contribution is 2.34. The standard InChI is InChI=1S/C19H15F3N4S/c20-19(21,22)14-6-7-16-15(10-14)25-18(27-16)24-11-17-23-8-9-26(17)12-13-4-2-1-3-5-13/h1-10H,11-12H2,(H,24,25). The van der Waals surface area contributed by atoms with Crippen LogP contribution in [0.2, 0.25) is 0 Å². The smallest absolute Gasteiger partial charge is 0.354 e. The molecular formula is C19H15F3N4S. The monoisotopic (exact) mass is 388 g/mol. The van der Waals surface area contributed by atoms with Crippen LogP contribution < -0.4 is 5.32 Å². The minimum atomic E-state index is -4.37. The lowest BCUT2D eigenvalue weighted by molar-refractivity contribution is -0.137. The van der Waals surface area contributed by atoms with Gasteiger partial charge in [0.1, 0.15) is 5.82 Å². The molecule has 0 unspecified atom stereocenters. The Morgan fingerprint density at radius 2 is 1.89 bits per heavy atom. The Kier molecular flexibility index (Phi) is 4.57. The van der Waals surface area contributed by atoms with Crippen LogP contribution in [0.1, 0.15) is 17.0 Å². The second-order valence-corrected chi connectivity index (χ2v) is 7.04. The van der Waals surface area contributed by atoms with Crippen LogP contribution in [-0.4, -0.2) is 14.5 Å². The Morgan fingerprint density at radius 1 is 1.07 bits per heavy atom. The first kappa shape index (κ1) is 17.5. The van der Waals surface area contributed by atoms with Crippen molar-refractivity contribution in [3.8, 4) is 0 Å². The van der Waals surface area contributed by atoms with Crippen molar-refractivity contribution < 1.29 is 13.2 Å². The molecule has 0 saturated heterocycles. The Balaban J connectivity index is 1.49. The quantitative estimate of drug-likeness (QED) is 0.513. The number of nitrogens with one attached hydrogen (secondary N) is 1. The molecule has 0 amide bonds. The molecule has 8 heteroatoms. The molecule has 0 fully saturated rings. The van der Waals surface area contributed by atoms with E-state index >= 15 is 0 Å². The third-order valence-corrected chi connectivity index (χ3v) is 5.10. The molecule has 0 saturated carbocycles. The zero-order chi connectivity index (χ0) is 18.9. The van der Waals surface area contributed by atoms with E-state index in [4.69, 9.17) is 0 Å². The summed E-state index contributed by atoms with van der Waals surface area (Å²) in [5.41, 5.74) is 0.812. The number of nitrogens with zero attached hydrogens (tertiary/aromatic N) is 3. The van der Waals surface area contributed by atoms with Crippen LogP contribution >= 0.6 is 11.3 Å². The summed E-state index contributed by atoms with van der Waals surface area (Å²) < 4.78 is 41.2. The summed E-state index contributed by atoms with van der Waals surface area (Å²) in [7, 11) is 0. The molecule has 138 valence electrons. The van der Waals surface area contributed by atoms with E-state index in [1.165, 1.54) is 17.4 Å². The first-order chi connectivity index (χ1) is 13.0. The maximum absolute atomic E-state index is 12.8. The SMILES string of the molecule is FC(F)(F)c1ccc2sc(NCc3nccn3Cc3ccccc3)nc2c1. The van der Waals surface area contributed by atoms with E-state index in [0.29, 0.717) is 28.4 Å². The van der Waals surface area contributed by atoms with Gasteiger partial charge in [0.05, 0.1) is 22.3 Å². The van der Waals surface area contributed by atoms with Crippen molar-refractivity contribution in [1.82, 2.24) is 14.5 Å². The van der Waals surface area contributed by atoms with Crippen molar-refractivity contribution in [3.63, 3.8) is 0 Å². The van der Waals surface area contributed by atoms with E-state index in [0.717, 1.165) is 23.5 Å². The fourth-order valence-corrected chi connectivity index (χ4v) is 3.61. The third-order valence-electron chi connectivity index (χ3n) is 4.11. The van der Waals surface area contributed by atoms with Gasteiger partial charge in [0, 0.05) is 18.9 Å². The number of aromatic nitrogens is 3. The van der Waals surface area contributed by atoms with Crippen LogP contribution in [0.3, 0.4) is 0 Å². The van der Waals surface area contributed by atoms with Crippen molar-refractivity contribution in [2.75, 3.05) is 5.32 Å². The van der Waals surface area contributed by atoms with Crippen molar-refractivity contribution in [2.45, 2.75) is 19.3 Å². The average molecular weight is 388 g/mol. The number of benzene rings is 2. The fraction of sp³-hybridized carbons (Fsp3) is 0.158. The Hall–Kier alpha value is -2.87. The summed E-state index contributed by atoms with van der Waals surface area (Å²) in [6, 6.07) is 13.6. The minimum absolute atomic E-state index is 0.338. The first-order valence-corrected chi connectivity index (χ1v) is 9.06. The summed E-state index contributed by atoms with van der Waals surface area (Å²) in [5.74, 6) is 0.828. The number of alkyl halides is 3. The number of halogens is 3. The summed E-state index contributed by atoms with van der Waals surface area (Å²) in [6.45, 7) is 1.14. The molecule has 0 bridgehead atoms. The highest BCUT2D eigenvalue weighted by Gasteiger charge is 2.30. The number of thiazole rings is 1. The van der Waals surface area contributed by atoms with Gasteiger partial charge in [-0.15, -0.1) is 0 Å². The minimum Gasteiger partial charge on any atom is -0.354 e. The molecule has 0 aliphatic heterocycles. The van der Waals surface area contributed by atoms with E-state index in [2.05, 4.69) is 15.3 Å². The number of rotatable bonds is 5. The molecule has 0 radical (unpaired) electrons. The second kappa shape index (κ2) is 7.03. The molecule has 0 spiro atoms. The molecule has 0 aliphatic rings. The van der Waals surface area contributed by atoms with Gasteiger partial charge < -0.3 is 9.88 Å². The highest BCUT2D eigenvalue weighted by atomic mass is 32.1. The average Bonchev–Trinajstić information content (AvgIpc) is 3.25. The molecule has 27 heavy (non-hydrogen) atoms. The molecule has 2 aromatic heterocycles. The molecule has 4 aromatic rings.